The highest BCUT2D eigenvalue weighted by atomic mass is 32.2. The van der Waals surface area contributed by atoms with Crippen LogP contribution in [0.2, 0.25) is 0 Å². The summed E-state index contributed by atoms with van der Waals surface area (Å²) in [4.78, 5) is 19.6. The number of nitrogens with zero attached hydrogens (tertiary/aromatic N) is 5. The van der Waals surface area contributed by atoms with Crippen LogP contribution in [0.1, 0.15) is 0 Å². The van der Waals surface area contributed by atoms with Gasteiger partial charge in [0.2, 0.25) is 5.03 Å². The van der Waals surface area contributed by atoms with E-state index in [0.29, 0.717) is 6.19 Å². The highest BCUT2D eigenvalue weighted by Gasteiger charge is 2.44. The lowest BCUT2D eigenvalue weighted by Crippen LogP contribution is -2.45. The van der Waals surface area contributed by atoms with E-state index < -0.39 is 29.3 Å². The van der Waals surface area contributed by atoms with Crippen LogP contribution in [0.25, 0.3) is 0 Å². The Morgan fingerprint density at radius 2 is 1.71 bits per heavy atom. The molecule has 0 fully saturated rings. The molecule has 0 saturated carbocycles. The van der Waals surface area contributed by atoms with Crippen molar-refractivity contribution in [1.29, 1.82) is 5.26 Å². The van der Waals surface area contributed by atoms with E-state index in [0.717, 1.165) is 0 Å². The first-order valence-corrected chi connectivity index (χ1v) is 3.87. The molecule has 0 aliphatic rings. The Morgan fingerprint density at radius 3 is 1.93 bits per heavy atom. The fourth-order valence-corrected chi connectivity index (χ4v) is 0.904. The van der Waals surface area contributed by atoms with E-state index in [9.17, 15) is 28.6 Å². The fraction of sp³-hybridized carbons (Fsp3) is 0. The molecule has 0 amide bonds. The van der Waals surface area contributed by atoms with E-state index in [2.05, 4.69) is 0 Å². The number of nitriles is 1. The summed E-state index contributed by atoms with van der Waals surface area (Å²) in [5, 5.41) is 32.2. The average Bonchev–Trinajstić information content (AvgIpc) is 2.02. The fourth-order valence-electron chi connectivity index (χ4n) is 0.326. The van der Waals surface area contributed by atoms with Crippen molar-refractivity contribution >= 4 is 10.2 Å². The molecule has 0 rings (SSSR count). The molecule has 0 bridgehead atoms. The lowest BCUT2D eigenvalue weighted by atomic mass is 11.4. The van der Waals surface area contributed by atoms with Crippen LogP contribution in [0.4, 0.5) is 0 Å². The van der Waals surface area contributed by atoms with E-state index in [1.54, 1.807) is 0 Å². The lowest BCUT2D eigenvalue weighted by Gasteiger charge is -2.06. The Balaban J connectivity index is 5.26. The first-order chi connectivity index (χ1) is 6.25. The van der Waals surface area contributed by atoms with E-state index in [1.807, 2.05) is 0 Å². The highest BCUT2D eigenvalue weighted by Crippen LogP contribution is 2.04. The van der Waals surface area contributed by atoms with Crippen LogP contribution >= 0.6 is 0 Å². The van der Waals surface area contributed by atoms with Crippen LogP contribution in [0, 0.1) is 31.7 Å². The number of hydrazine groups is 2. The summed E-state index contributed by atoms with van der Waals surface area (Å²) in [7, 11) is -5.49. The normalized spacial score (nSPS) is 10.0. The molecule has 0 aromatic heterocycles. The van der Waals surface area contributed by atoms with Crippen LogP contribution in [0.15, 0.2) is 0 Å². The van der Waals surface area contributed by atoms with Gasteiger partial charge in [0.25, 0.3) is 6.19 Å². The molecule has 0 aliphatic heterocycles. The topological polar surface area (TPSA) is 171 Å². The molecule has 0 aromatic carbocycles. The van der Waals surface area contributed by atoms with Gasteiger partial charge in [-0.2, -0.15) is 13.7 Å². The predicted octanol–water partition coefficient (Wildman–Crippen LogP) is -1.91. The third kappa shape index (κ3) is 1.94. The highest BCUT2D eigenvalue weighted by molar-refractivity contribution is 7.86. The maximum atomic E-state index is 10.6. The molecular weight excluding hydrogens is 226 g/mol. The third-order valence-electron chi connectivity index (χ3n) is 0.798. The zero-order chi connectivity index (χ0) is 11.5. The molecule has 0 heterocycles. The molecule has 0 spiro atoms. The first kappa shape index (κ1) is 11.8. The average molecular weight is 227 g/mol. The number of hydrogen-bond acceptors (Lipinski definition) is 8. The minimum atomic E-state index is -5.49. The standard InChI is InChI=1S/CHN5O7S/c2-1-3(4(7)8)14(12,13)6(11)5(9)10/h11H. The first-order valence-electron chi connectivity index (χ1n) is 2.48. The number of nitro groups is 2. The Morgan fingerprint density at radius 1 is 1.29 bits per heavy atom. The molecule has 0 radical (unpaired) electrons. The molecule has 0 saturated heterocycles. The molecule has 0 unspecified atom stereocenters. The Kier molecular flexibility index (Phi) is 3.10. The van der Waals surface area contributed by atoms with Gasteiger partial charge in [-0.15, -0.1) is 0 Å². The van der Waals surface area contributed by atoms with E-state index in [-0.39, 0.29) is 0 Å². The molecule has 0 aromatic rings. The van der Waals surface area contributed by atoms with Gasteiger partial charge in [-0.3, -0.25) is 0 Å². The summed E-state index contributed by atoms with van der Waals surface area (Å²) < 4.78 is 18.6. The van der Waals surface area contributed by atoms with Gasteiger partial charge in [0.1, 0.15) is 4.41 Å². The van der Waals surface area contributed by atoms with Gasteiger partial charge >= 0.3 is 10.2 Å². The summed E-state index contributed by atoms with van der Waals surface area (Å²) in [6.07, 6.45) is 0.518. The summed E-state index contributed by atoms with van der Waals surface area (Å²) in [5.74, 6) is 0. The molecule has 78 valence electrons. The van der Waals surface area contributed by atoms with Crippen molar-refractivity contribution < 1.29 is 23.7 Å². The van der Waals surface area contributed by atoms with Gasteiger partial charge in [-0.25, -0.2) is 25.4 Å². The van der Waals surface area contributed by atoms with E-state index in [1.165, 1.54) is 0 Å². The smallest absolute Gasteiger partial charge is 0.233 e. The van der Waals surface area contributed by atoms with E-state index in [4.69, 9.17) is 10.5 Å². The molecule has 14 heavy (non-hydrogen) atoms. The Labute approximate surface area is 75.5 Å². The molecule has 12 nitrogen and oxygen atoms in total. The number of rotatable bonds is 4. The van der Waals surface area contributed by atoms with Gasteiger partial charge in [-0.05, 0) is 0 Å². The van der Waals surface area contributed by atoms with Gasteiger partial charge in [0.15, 0.2) is 9.61 Å². The second kappa shape index (κ2) is 3.68. The molecular formula is CHN5O7S. The zero-order valence-corrected chi connectivity index (χ0v) is 6.86. The van der Waals surface area contributed by atoms with Gasteiger partial charge in [0, 0.05) is 0 Å². The quantitative estimate of drug-likeness (QED) is 0.250. The maximum absolute atomic E-state index is 10.6. The molecule has 13 heteroatoms. The zero-order valence-electron chi connectivity index (χ0n) is 6.04. The lowest BCUT2D eigenvalue weighted by molar-refractivity contribution is -0.695. The van der Waals surface area contributed by atoms with Crippen molar-refractivity contribution in [1.82, 2.24) is 8.99 Å². The van der Waals surface area contributed by atoms with Crippen LogP contribution < -0.4 is 0 Å². The Hall–Kier alpha value is -2.20. The van der Waals surface area contributed by atoms with Gasteiger partial charge < -0.3 is 0 Å². The SMILES string of the molecule is N#CN([N+](=O)[O-])S(=O)(=O)N(O)[N+](=O)[O-]. The van der Waals surface area contributed by atoms with Crippen molar-refractivity contribution in [3.63, 3.8) is 0 Å². The maximum Gasteiger partial charge on any atom is 0.465 e. The van der Waals surface area contributed by atoms with E-state index >= 15 is 0 Å². The minimum Gasteiger partial charge on any atom is -0.233 e. The second-order valence-electron chi connectivity index (χ2n) is 1.55. The largest absolute Gasteiger partial charge is 0.465 e. The van der Waals surface area contributed by atoms with Crippen LogP contribution in [0.5, 0.6) is 0 Å². The Bertz CT molecular complexity index is 391. The summed E-state index contributed by atoms with van der Waals surface area (Å²) in [6, 6.07) is 0. The van der Waals surface area contributed by atoms with Crippen LogP contribution in [0.3, 0.4) is 0 Å². The summed E-state index contributed by atoms with van der Waals surface area (Å²) in [6.45, 7) is 0. The summed E-state index contributed by atoms with van der Waals surface area (Å²) >= 11 is 0. The summed E-state index contributed by atoms with van der Waals surface area (Å²) in [5.41, 5.74) is 0. The van der Waals surface area contributed by atoms with Crippen molar-refractivity contribution in [3.8, 4) is 6.19 Å². The van der Waals surface area contributed by atoms with Crippen molar-refractivity contribution in [2.45, 2.75) is 0 Å². The van der Waals surface area contributed by atoms with Crippen LogP contribution in [-0.4, -0.2) is 32.7 Å². The van der Waals surface area contributed by atoms with Crippen molar-refractivity contribution in [2.75, 3.05) is 0 Å². The van der Waals surface area contributed by atoms with Gasteiger partial charge in [0.05, 0.1) is 0 Å². The molecule has 1 N–H and O–H groups in total. The molecule has 0 atom stereocenters. The van der Waals surface area contributed by atoms with Gasteiger partial charge in [-0.1, -0.05) is 0 Å². The van der Waals surface area contributed by atoms with Crippen molar-refractivity contribution in [2.24, 2.45) is 0 Å². The molecule has 0 aliphatic carbocycles. The predicted molar refractivity (Wildman–Crippen MR) is 34.0 cm³/mol. The second-order valence-corrected chi connectivity index (χ2v) is 3.12. The van der Waals surface area contributed by atoms with Crippen LogP contribution in [-0.2, 0) is 10.2 Å². The minimum absolute atomic E-state index is 0.518. The number of hydrogen-bond donors (Lipinski definition) is 1. The monoisotopic (exact) mass is 227 g/mol. The van der Waals surface area contributed by atoms with Crippen molar-refractivity contribution in [3.05, 3.63) is 20.2 Å². The third-order valence-corrected chi connectivity index (χ3v) is 2.00.